The zero-order chi connectivity index (χ0) is 21.0. The Morgan fingerprint density at radius 1 is 1.47 bits per heavy atom. The van der Waals surface area contributed by atoms with Gasteiger partial charge in [-0.15, -0.1) is 0 Å². The predicted molar refractivity (Wildman–Crippen MR) is 106 cm³/mol. The highest BCUT2D eigenvalue weighted by atomic mass is 35.5. The summed E-state index contributed by atoms with van der Waals surface area (Å²) in [4.78, 5) is 16.2. The number of halogens is 3. The number of ether oxygens (including phenoxy) is 1. The maximum Gasteiger partial charge on any atom is 0.231 e. The van der Waals surface area contributed by atoms with Crippen molar-refractivity contribution in [2.75, 3.05) is 11.9 Å². The third-order valence-corrected chi connectivity index (χ3v) is 5.27. The van der Waals surface area contributed by atoms with Crippen molar-refractivity contribution in [3.63, 3.8) is 0 Å². The van der Waals surface area contributed by atoms with E-state index in [0.717, 1.165) is 0 Å². The lowest BCUT2D eigenvalue weighted by atomic mass is 10.1. The number of hydrogen-bond donors (Lipinski definition) is 2. The van der Waals surface area contributed by atoms with Crippen LogP contribution in [0, 0.1) is 11.7 Å². The minimum absolute atomic E-state index is 0.00120. The van der Waals surface area contributed by atoms with Crippen molar-refractivity contribution in [3.05, 3.63) is 35.4 Å². The van der Waals surface area contributed by atoms with Crippen LogP contribution < -0.4 is 10.1 Å². The Bertz CT molecular complexity index is 1300. The first-order chi connectivity index (χ1) is 14.5. The molecule has 3 aromatic heterocycles. The van der Waals surface area contributed by atoms with Gasteiger partial charge in [-0.3, -0.25) is 9.89 Å². The fourth-order valence-electron chi connectivity index (χ4n) is 3.35. The number of aromatic amines is 1. The molecule has 4 aromatic rings. The Morgan fingerprint density at radius 2 is 2.27 bits per heavy atom. The first kappa shape index (κ1) is 18.7. The molecule has 2 atom stereocenters. The molecule has 0 radical (unpaired) electrons. The normalized spacial score (nSPS) is 18.1. The zero-order valence-electron chi connectivity index (χ0n) is 15.6. The SMILES string of the molecule is CCOc1c(F)c(Cl)c(-c2ccc3nc(NC(=O)[C@@H]4C[C@@H]4F)cn3n2)c2cn[nH]c12. The molecular weight excluding hydrogens is 418 g/mol. The third kappa shape index (κ3) is 2.95. The standard InChI is InChI=1S/C19H15ClF2N6O2/c1-2-30-18-16(22)15(20)14(9-6-23-26-17(9)18)11-3-4-13-24-12(7-28(13)27-11)25-19(29)8-5-10(8)21/h3-4,6-8,10H,2,5H2,1H3,(H,23,26)(H,25,29)/t8-,10+/m1/s1. The Balaban J connectivity index is 1.57. The average Bonchev–Trinajstić information content (AvgIpc) is 3.11. The summed E-state index contributed by atoms with van der Waals surface area (Å²) in [5.74, 6) is -1.50. The monoisotopic (exact) mass is 432 g/mol. The summed E-state index contributed by atoms with van der Waals surface area (Å²) in [7, 11) is 0. The molecule has 1 fully saturated rings. The molecule has 154 valence electrons. The number of imidazole rings is 1. The van der Waals surface area contributed by atoms with Gasteiger partial charge >= 0.3 is 0 Å². The van der Waals surface area contributed by atoms with Gasteiger partial charge in [0.15, 0.2) is 23.0 Å². The van der Waals surface area contributed by atoms with Crippen LogP contribution in [0.2, 0.25) is 5.02 Å². The second kappa shape index (κ2) is 6.91. The van der Waals surface area contributed by atoms with Crippen LogP contribution in [0.5, 0.6) is 5.75 Å². The Labute approximate surface area is 173 Å². The number of hydrogen-bond acceptors (Lipinski definition) is 5. The summed E-state index contributed by atoms with van der Waals surface area (Å²) in [6.45, 7) is 2.00. The number of rotatable bonds is 5. The van der Waals surface area contributed by atoms with Gasteiger partial charge in [0.05, 0.1) is 35.6 Å². The van der Waals surface area contributed by atoms with E-state index in [1.807, 2.05) is 0 Å². The molecular formula is C19H15ClF2N6O2. The molecule has 1 aromatic carbocycles. The zero-order valence-corrected chi connectivity index (χ0v) is 16.4. The molecule has 0 aliphatic heterocycles. The summed E-state index contributed by atoms with van der Waals surface area (Å²) < 4.78 is 34.8. The molecule has 0 spiro atoms. The van der Waals surface area contributed by atoms with E-state index in [-0.39, 0.29) is 29.6 Å². The molecule has 0 saturated heterocycles. The van der Waals surface area contributed by atoms with Crippen molar-refractivity contribution in [1.82, 2.24) is 24.8 Å². The van der Waals surface area contributed by atoms with Crippen LogP contribution in [0.25, 0.3) is 27.8 Å². The van der Waals surface area contributed by atoms with E-state index in [9.17, 15) is 13.6 Å². The summed E-state index contributed by atoms with van der Waals surface area (Å²) >= 11 is 6.33. The molecule has 0 bridgehead atoms. The summed E-state index contributed by atoms with van der Waals surface area (Å²) in [5.41, 5.74) is 1.55. The number of carbonyl (C=O) groups excluding carboxylic acids is 1. The number of nitrogens with one attached hydrogen (secondary N) is 2. The summed E-state index contributed by atoms with van der Waals surface area (Å²) in [6, 6.07) is 3.30. The number of H-pyrrole nitrogens is 1. The van der Waals surface area contributed by atoms with E-state index in [1.54, 1.807) is 19.1 Å². The summed E-state index contributed by atoms with van der Waals surface area (Å²) in [6.07, 6.45) is 2.15. The maximum absolute atomic E-state index is 14.9. The molecule has 1 amide bonds. The van der Waals surface area contributed by atoms with E-state index in [0.29, 0.717) is 27.8 Å². The van der Waals surface area contributed by atoms with Gasteiger partial charge in [-0.05, 0) is 25.5 Å². The number of benzene rings is 1. The van der Waals surface area contributed by atoms with Crippen molar-refractivity contribution in [1.29, 1.82) is 0 Å². The molecule has 1 aliphatic carbocycles. The molecule has 1 saturated carbocycles. The van der Waals surface area contributed by atoms with Crippen molar-refractivity contribution in [3.8, 4) is 17.0 Å². The molecule has 11 heteroatoms. The topological polar surface area (TPSA) is 97.2 Å². The lowest BCUT2D eigenvalue weighted by Crippen LogP contribution is -2.15. The number of anilines is 1. The minimum Gasteiger partial charge on any atom is -0.489 e. The maximum atomic E-state index is 14.9. The number of carbonyl (C=O) groups is 1. The molecule has 5 rings (SSSR count). The second-order valence-corrected chi connectivity index (χ2v) is 7.30. The highest BCUT2D eigenvalue weighted by Gasteiger charge is 2.43. The molecule has 8 nitrogen and oxygen atoms in total. The van der Waals surface area contributed by atoms with Gasteiger partial charge in [0, 0.05) is 10.9 Å². The number of fused-ring (bicyclic) bond motifs is 2. The van der Waals surface area contributed by atoms with Gasteiger partial charge in [-0.25, -0.2) is 18.3 Å². The quantitative estimate of drug-likeness (QED) is 0.500. The molecule has 30 heavy (non-hydrogen) atoms. The fraction of sp³-hybridized carbons (Fsp3) is 0.263. The van der Waals surface area contributed by atoms with Crippen LogP contribution >= 0.6 is 11.6 Å². The van der Waals surface area contributed by atoms with Crippen molar-refractivity contribution >= 4 is 39.9 Å². The smallest absolute Gasteiger partial charge is 0.231 e. The van der Waals surface area contributed by atoms with Gasteiger partial charge in [-0.2, -0.15) is 10.2 Å². The first-order valence-electron chi connectivity index (χ1n) is 9.26. The van der Waals surface area contributed by atoms with Crippen LogP contribution in [0.1, 0.15) is 13.3 Å². The lowest BCUT2D eigenvalue weighted by Gasteiger charge is -2.12. The largest absolute Gasteiger partial charge is 0.489 e. The number of amides is 1. The fourth-order valence-corrected chi connectivity index (χ4v) is 3.63. The van der Waals surface area contributed by atoms with E-state index >= 15 is 0 Å². The number of aromatic nitrogens is 5. The van der Waals surface area contributed by atoms with Gasteiger partial charge in [-0.1, -0.05) is 11.6 Å². The van der Waals surface area contributed by atoms with Crippen LogP contribution in [-0.4, -0.2) is 43.5 Å². The Kier molecular flexibility index (Phi) is 4.31. The first-order valence-corrected chi connectivity index (χ1v) is 9.64. The highest BCUT2D eigenvalue weighted by molar-refractivity contribution is 6.35. The van der Waals surface area contributed by atoms with Crippen LogP contribution in [0.15, 0.2) is 24.5 Å². The Hall–Kier alpha value is -3.27. The van der Waals surface area contributed by atoms with Crippen LogP contribution in [-0.2, 0) is 4.79 Å². The van der Waals surface area contributed by atoms with E-state index in [4.69, 9.17) is 16.3 Å². The molecule has 0 unspecified atom stereocenters. The molecule has 3 heterocycles. The van der Waals surface area contributed by atoms with Gasteiger partial charge < -0.3 is 10.1 Å². The predicted octanol–water partition coefficient (Wildman–Crippen LogP) is 3.76. The lowest BCUT2D eigenvalue weighted by molar-refractivity contribution is -0.117. The third-order valence-electron chi connectivity index (χ3n) is 4.91. The average molecular weight is 433 g/mol. The van der Waals surface area contributed by atoms with Crippen molar-refractivity contribution in [2.24, 2.45) is 5.92 Å². The second-order valence-electron chi connectivity index (χ2n) is 6.92. The van der Waals surface area contributed by atoms with E-state index in [1.165, 1.54) is 16.9 Å². The number of nitrogens with zero attached hydrogens (tertiary/aromatic N) is 4. The molecule has 2 N–H and O–H groups in total. The Morgan fingerprint density at radius 3 is 3.00 bits per heavy atom. The van der Waals surface area contributed by atoms with Gasteiger partial charge in [0.1, 0.15) is 11.7 Å². The van der Waals surface area contributed by atoms with Gasteiger partial charge in [0.2, 0.25) is 5.91 Å². The minimum atomic E-state index is -1.10. The molecule has 1 aliphatic rings. The highest BCUT2D eigenvalue weighted by Crippen LogP contribution is 2.41. The summed E-state index contributed by atoms with van der Waals surface area (Å²) in [5, 5.41) is 14.2. The van der Waals surface area contributed by atoms with Crippen molar-refractivity contribution < 1.29 is 18.3 Å². The number of alkyl halides is 1. The van der Waals surface area contributed by atoms with E-state index in [2.05, 4.69) is 25.6 Å². The van der Waals surface area contributed by atoms with Crippen molar-refractivity contribution in [2.45, 2.75) is 19.5 Å². The van der Waals surface area contributed by atoms with Crippen LogP contribution in [0.3, 0.4) is 0 Å². The van der Waals surface area contributed by atoms with Gasteiger partial charge in [0.25, 0.3) is 0 Å². The van der Waals surface area contributed by atoms with Crippen LogP contribution in [0.4, 0.5) is 14.6 Å². The van der Waals surface area contributed by atoms with E-state index < -0.39 is 23.8 Å².